The molecule has 1 fully saturated rings. The second kappa shape index (κ2) is 8.48. The molecule has 2 aliphatic heterocycles. The van der Waals surface area contributed by atoms with Crippen LogP contribution in [0.15, 0.2) is 42.5 Å². The van der Waals surface area contributed by atoms with E-state index in [1.54, 1.807) is 18.2 Å². The summed E-state index contributed by atoms with van der Waals surface area (Å²) in [6.07, 6.45) is 1.36. The van der Waals surface area contributed by atoms with Crippen molar-refractivity contribution in [3.63, 3.8) is 0 Å². The molecule has 0 radical (unpaired) electrons. The lowest BCUT2D eigenvalue weighted by Gasteiger charge is -2.30. The monoisotopic (exact) mass is 399 g/mol. The molecule has 2 aromatic carbocycles. The minimum atomic E-state index is -0.343. The lowest BCUT2D eigenvalue weighted by Crippen LogP contribution is -2.41. The fourth-order valence-corrected chi connectivity index (χ4v) is 3.51. The Bertz CT molecular complexity index is 895. The zero-order valence-corrected chi connectivity index (χ0v) is 15.8. The summed E-state index contributed by atoms with van der Waals surface area (Å²) >= 11 is 0. The maximum atomic E-state index is 12.9. The van der Waals surface area contributed by atoms with E-state index < -0.39 is 0 Å². The number of rotatable bonds is 5. The van der Waals surface area contributed by atoms with Crippen LogP contribution in [0.5, 0.6) is 11.5 Å². The average Bonchev–Trinajstić information content (AvgIpc) is 3.18. The van der Waals surface area contributed by atoms with Gasteiger partial charge in [0.15, 0.2) is 11.5 Å². The standard InChI is InChI=1S/C21H22FN3O4/c22-15-1-3-16(4-2-15)23-20(26)12-25-9-7-14(8-10-25)21(27)24-17-5-6-18-19(11-17)29-13-28-18/h1-6,11,14H,7-10,12-13H2,(H,23,26)(H,24,27). The minimum Gasteiger partial charge on any atom is -0.454 e. The van der Waals surface area contributed by atoms with Crippen LogP contribution in [0.3, 0.4) is 0 Å². The molecule has 152 valence electrons. The van der Waals surface area contributed by atoms with Gasteiger partial charge in [-0.25, -0.2) is 4.39 Å². The van der Waals surface area contributed by atoms with Crippen molar-refractivity contribution in [3.05, 3.63) is 48.3 Å². The van der Waals surface area contributed by atoms with Crippen LogP contribution < -0.4 is 20.1 Å². The number of ether oxygens (including phenoxy) is 2. The van der Waals surface area contributed by atoms with Gasteiger partial charge in [0, 0.05) is 23.4 Å². The Morgan fingerprint density at radius 3 is 2.41 bits per heavy atom. The van der Waals surface area contributed by atoms with E-state index in [9.17, 15) is 14.0 Å². The van der Waals surface area contributed by atoms with Gasteiger partial charge in [0.05, 0.1) is 6.54 Å². The number of carbonyl (C=O) groups is 2. The Morgan fingerprint density at radius 2 is 1.66 bits per heavy atom. The third-order valence-corrected chi connectivity index (χ3v) is 5.09. The van der Waals surface area contributed by atoms with Crippen LogP contribution in [0.4, 0.5) is 15.8 Å². The first-order valence-corrected chi connectivity index (χ1v) is 9.55. The third-order valence-electron chi connectivity index (χ3n) is 5.09. The number of halogens is 1. The quantitative estimate of drug-likeness (QED) is 0.808. The summed E-state index contributed by atoms with van der Waals surface area (Å²) in [6.45, 7) is 1.76. The molecule has 0 spiro atoms. The molecule has 0 unspecified atom stereocenters. The van der Waals surface area contributed by atoms with E-state index in [-0.39, 0.29) is 36.9 Å². The first-order chi connectivity index (χ1) is 14.1. The molecule has 0 atom stereocenters. The fourth-order valence-electron chi connectivity index (χ4n) is 3.51. The van der Waals surface area contributed by atoms with E-state index in [0.717, 1.165) is 0 Å². The minimum absolute atomic E-state index is 0.0284. The Labute approximate surface area is 167 Å². The molecule has 0 aliphatic carbocycles. The molecule has 4 rings (SSSR count). The molecular formula is C21H22FN3O4. The lowest BCUT2D eigenvalue weighted by atomic mass is 9.95. The summed E-state index contributed by atoms with van der Waals surface area (Å²) < 4.78 is 23.5. The highest BCUT2D eigenvalue weighted by Crippen LogP contribution is 2.34. The number of carbonyl (C=O) groups excluding carboxylic acids is 2. The van der Waals surface area contributed by atoms with Crippen molar-refractivity contribution in [3.8, 4) is 11.5 Å². The number of anilines is 2. The van der Waals surface area contributed by atoms with Crippen molar-refractivity contribution in [2.24, 2.45) is 5.92 Å². The van der Waals surface area contributed by atoms with Crippen molar-refractivity contribution in [1.29, 1.82) is 0 Å². The average molecular weight is 399 g/mol. The number of nitrogens with one attached hydrogen (secondary N) is 2. The smallest absolute Gasteiger partial charge is 0.238 e. The van der Waals surface area contributed by atoms with E-state index >= 15 is 0 Å². The van der Waals surface area contributed by atoms with Crippen molar-refractivity contribution in [2.75, 3.05) is 37.1 Å². The zero-order valence-electron chi connectivity index (χ0n) is 15.8. The van der Waals surface area contributed by atoms with Crippen molar-refractivity contribution in [1.82, 2.24) is 4.90 Å². The molecule has 1 saturated heterocycles. The highest BCUT2D eigenvalue weighted by Gasteiger charge is 2.26. The van der Waals surface area contributed by atoms with Crippen molar-refractivity contribution < 1.29 is 23.5 Å². The number of likely N-dealkylation sites (tertiary alicyclic amines) is 1. The Kier molecular flexibility index (Phi) is 5.62. The van der Waals surface area contributed by atoms with Gasteiger partial charge in [-0.3, -0.25) is 14.5 Å². The summed E-state index contributed by atoms with van der Waals surface area (Å²) in [5.74, 6) is 0.681. The Morgan fingerprint density at radius 1 is 0.966 bits per heavy atom. The van der Waals surface area contributed by atoms with Gasteiger partial charge in [-0.2, -0.15) is 0 Å². The van der Waals surface area contributed by atoms with Gasteiger partial charge in [-0.15, -0.1) is 0 Å². The molecule has 29 heavy (non-hydrogen) atoms. The van der Waals surface area contributed by atoms with Gasteiger partial charge < -0.3 is 20.1 Å². The largest absolute Gasteiger partial charge is 0.454 e. The molecule has 2 amide bonds. The summed E-state index contributed by atoms with van der Waals surface area (Å²) in [7, 11) is 0. The fraction of sp³-hybridized carbons (Fsp3) is 0.333. The lowest BCUT2D eigenvalue weighted by molar-refractivity contribution is -0.121. The van der Waals surface area contributed by atoms with Gasteiger partial charge in [-0.1, -0.05) is 0 Å². The summed E-state index contributed by atoms with van der Waals surface area (Å²) in [5, 5.41) is 5.69. The van der Waals surface area contributed by atoms with Crippen LogP contribution >= 0.6 is 0 Å². The summed E-state index contributed by atoms with van der Waals surface area (Å²) in [6, 6.07) is 11.0. The predicted octanol–water partition coefficient (Wildman–Crippen LogP) is 2.84. The van der Waals surface area contributed by atoms with E-state index in [1.165, 1.54) is 24.3 Å². The van der Waals surface area contributed by atoms with Crippen LogP contribution in [-0.2, 0) is 9.59 Å². The molecule has 8 heteroatoms. The third kappa shape index (κ3) is 4.83. The number of hydrogen-bond donors (Lipinski definition) is 2. The van der Waals surface area contributed by atoms with Crippen molar-refractivity contribution in [2.45, 2.75) is 12.8 Å². The van der Waals surface area contributed by atoms with Crippen LogP contribution in [0.25, 0.3) is 0 Å². The molecule has 2 aromatic rings. The van der Waals surface area contributed by atoms with Crippen molar-refractivity contribution >= 4 is 23.2 Å². The molecular weight excluding hydrogens is 377 g/mol. The normalized spacial score (nSPS) is 16.4. The van der Waals surface area contributed by atoms with Crippen LogP contribution in [0.2, 0.25) is 0 Å². The van der Waals surface area contributed by atoms with Crippen LogP contribution in [0, 0.1) is 11.7 Å². The molecule has 7 nitrogen and oxygen atoms in total. The van der Waals surface area contributed by atoms with E-state index in [1.807, 2.05) is 4.90 Å². The first-order valence-electron chi connectivity index (χ1n) is 9.55. The Hall–Kier alpha value is -3.13. The molecule has 0 aromatic heterocycles. The maximum absolute atomic E-state index is 12.9. The van der Waals surface area contributed by atoms with E-state index in [0.29, 0.717) is 48.8 Å². The number of benzene rings is 2. The highest BCUT2D eigenvalue weighted by molar-refractivity contribution is 5.93. The number of hydrogen-bond acceptors (Lipinski definition) is 5. The highest BCUT2D eigenvalue weighted by atomic mass is 19.1. The van der Waals surface area contributed by atoms with Crippen LogP contribution in [-0.4, -0.2) is 43.1 Å². The molecule has 2 aliphatic rings. The predicted molar refractivity (Wildman–Crippen MR) is 105 cm³/mol. The van der Waals surface area contributed by atoms with Crippen LogP contribution in [0.1, 0.15) is 12.8 Å². The molecule has 2 N–H and O–H groups in total. The zero-order chi connectivity index (χ0) is 20.2. The number of nitrogens with zero attached hydrogens (tertiary/aromatic N) is 1. The molecule has 0 bridgehead atoms. The number of fused-ring (bicyclic) bond motifs is 1. The first kappa shape index (κ1) is 19.2. The number of amides is 2. The SMILES string of the molecule is O=C(CN1CCC(C(=O)Nc2ccc3c(c2)OCO3)CC1)Nc1ccc(F)cc1. The van der Waals surface area contributed by atoms with Gasteiger partial charge in [0.2, 0.25) is 18.6 Å². The molecule has 2 heterocycles. The maximum Gasteiger partial charge on any atom is 0.238 e. The number of piperidine rings is 1. The second-order valence-electron chi connectivity index (χ2n) is 7.16. The van der Waals surface area contributed by atoms with Gasteiger partial charge >= 0.3 is 0 Å². The Balaban J connectivity index is 1.23. The molecule has 0 saturated carbocycles. The van der Waals surface area contributed by atoms with Gasteiger partial charge in [-0.05, 0) is 62.3 Å². The van der Waals surface area contributed by atoms with E-state index in [4.69, 9.17) is 9.47 Å². The van der Waals surface area contributed by atoms with E-state index in [2.05, 4.69) is 10.6 Å². The topological polar surface area (TPSA) is 79.9 Å². The van der Waals surface area contributed by atoms with Gasteiger partial charge in [0.1, 0.15) is 5.82 Å². The second-order valence-corrected chi connectivity index (χ2v) is 7.16. The summed E-state index contributed by atoms with van der Waals surface area (Å²) in [4.78, 5) is 26.7. The van der Waals surface area contributed by atoms with Gasteiger partial charge in [0.25, 0.3) is 0 Å². The summed E-state index contributed by atoms with van der Waals surface area (Å²) in [5.41, 5.74) is 1.25.